The molecular formula is C22H20BrNO2. The van der Waals surface area contributed by atoms with Crippen molar-refractivity contribution in [3.8, 4) is 5.75 Å². The zero-order valence-corrected chi connectivity index (χ0v) is 16.6. The highest BCUT2D eigenvalue weighted by Gasteiger charge is 2.19. The first kappa shape index (κ1) is 18.2. The molecule has 0 aliphatic heterocycles. The summed E-state index contributed by atoms with van der Waals surface area (Å²) in [5.41, 5.74) is 2.18. The maximum Gasteiger partial charge on any atom is 0.195 e. The highest BCUT2D eigenvalue weighted by atomic mass is 79.9. The number of ketones is 1. The summed E-state index contributed by atoms with van der Waals surface area (Å²) in [5, 5.41) is 1.82. The lowest BCUT2D eigenvalue weighted by molar-refractivity contribution is 0.105. The van der Waals surface area contributed by atoms with Crippen molar-refractivity contribution in [3.05, 3.63) is 82.5 Å². The van der Waals surface area contributed by atoms with Crippen LogP contribution in [0.3, 0.4) is 0 Å². The number of ether oxygens (including phenoxy) is 1. The molecule has 3 nitrogen and oxygen atoms in total. The monoisotopic (exact) mass is 409 g/mol. The van der Waals surface area contributed by atoms with Gasteiger partial charge in [0.05, 0.1) is 7.11 Å². The maximum absolute atomic E-state index is 13.5. The summed E-state index contributed by atoms with van der Waals surface area (Å²) >= 11 is 3.49. The Hall–Kier alpha value is -2.59. The molecule has 3 aromatic rings. The summed E-state index contributed by atoms with van der Waals surface area (Å²) < 4.78 is 6.38. The summed E-state index contributed by atoms with van der Waals surface area (Å²) in [4.78, 5) is 15.3. The number of carbonyl (C=O) groups excluding carboxylic acids is 1. The zero-order chi connectivity index (χ0) is 18.7. The van der Waals surface area contributed by atoms with Gasteiger partial charge in [0.25, 0.3) is 0 Å². The molecule has 0 aromatic heterocycles. The van der Waals surface area contributed by atoms with Crippen LogP contribution >= 0.6 is 15.9 Å². The van der Waals surface area contributed by atoms with Crippen molar-refractivity contribution in [2.45, 2.75) is 0 Å². The zero-order valence-electron chi connectivity index (χ0n) is 15.0. The molecule has 3 aromatic carbocycles. The topological polar surface area (TPSA) is 29.5 Å². The van der Waals surface area contributed by atoms with Crippen molar-refractivity contribution < 1.29 is 9.53 Å². The van der Waals surface area contributed by atoms with Crippen LogP contribution in [0.5, 0.6) is 5.75 Å². The molecule has 0 amide bonds. The van der Waals surface area contributed by atoms with Gasteiger partial charge in [-0.2, -0.15) is 0 Å². The van der Waals surface area contributed by atoms with E-state index in [9.17, 15) is 4.79 Å². The Morgan fingerprint density at radius 3 is 2.38 bits per heavy atom. The molecule has 3 rings (SSSR count). The number of fused-ring (bicyclic) bond motifs is 1. The second-order valence-electron chi connectivity index (χ2n) is 6.21. The van der Waals surface area contributed by atoms with E-state index in [2.05, 4.69) is 15.9 Å². The molecule has 26 heavy (non-hydrogen) atoms. The summed E-state index contributed by atoms with van der Waals surface area (Å²) in [6.45, 7) is 0. The highest BCUT2D eigenvalue weighted by Crippen LogP contribution is 2.32. The number of benzene rings is 3. The predicted molar refractivity (Wildman–Crippen MR) is 111 cm³/mol. The first-order chi connectivity index (χ1) is 12.5. The van der Waals surface area contributed by atoms with Gasteiger partial charge in [0.1, 0.15) is 5.75 Å². The third-order valence-electron chi connectivity index (χ3n) is 4.12. The predicted octanol–water partition coefficient (Wildman–Crippen LogP) is 5.40. The Balaban J connectivity index is 2.19. The Morgan fingerprint density at radius 2 is 1.73 bits per heavy atom. The van der Waals surface area contributed by atoms with Gasteiger partial charge in [-0.15, -0.1) is 0 Å². The minimum absolute atomic E-state index is 0.0179. The van der Waals surface area contributed by atoms with Crippen molar-refractivity contribution in [2.75, 3.05) is 21.2 Å². The first-order valence-electron chi connectivity index (χ1n) is 8.26. The average Bonchev–Trinajstić information content (AvgIpc) is 2.64. The number of carbonyl (C=O) groups is 1. The summed E-state index contributed by atoms with van der Waals surface area (Å²) in [5.74, 6) is 0.744. The van der Waals surface area contributed by atoms with Crippen molar-refractivity contribution in [1.29, 1.82) is 0 Å². The second-order valence-corrected chi connectivity index (χ2v) is 7.12. The number of allylic oxidation sites excluding steroid dienone is 1. The van der Waals surface area contributed by atoms with E-state index in [1.54, 1.807) is 7.11 Å². The number of hydrogen-bond acceptors (Lipinski definition) is 3. The number of hydrogen-bond donors (Lipinski definition) is 0. The van der Waals surface area contributed by atoms with Crippen molar-refractivity contribution in [1.82, 2.24) is 4.90 Å². The van der Waals surface area contributed by atoms with Crippen LogP contribution in [-0.4, -0.2) is 31.9 Å². The minimum atomic E-state index is -0.0179. The molecular weight excluding hydrogens is 390 g/mol. The van der Waals surface area contributed by atoms with Gasteiger partial charge >= 0.3 is 0 Å². The molecule has 0 atom stereocenters. The van der Waals surface area contributed by atoms with E-state index in [0.717, 1.165) is 26.6 Å². The minimum Gasteiger partial charge on any atom is -0.496 e. The van der Waals surface area contributed by atoms with E-state index in [1.807, 2.05) is 85.9 Å². The molecule has 0 saturated heterocycles. The van der Waals surface area contributed by atoms with Gasteiger partial charge in [0, 0.05) is 41.3 Å². The number of Topliss-reactive ketones (excluding diaryl/α,β-unsaturated/α-hetero) is 1. The summed E-state index contributed by atoms with van der Waals surface area (Å²) in [7, 11) is 5.47. The van der Waals surface area contributed by atoms with E-state index in [1.165, 1.54) is 0 Å². The third-order valence-corrected chi connectivity index (χ3v) is 4.61. The van der Waals surface area contributed by atoms with E-state index >= 15 is 0 Å². The fourth-order valence-electron chi connectivity index (χ4n) is 2.97. The smallest absolute Gasteiger partial charge is 0.195 e. The van der Waals surface area contributed by atoms with Gasteiger partial charge in [-0.3, -0.25) is 4.79 Å². The Bertz CT molecular complexity index is 992. The fraction of sp³-hybridized carbons (Fsp3) is 0.136. The van der Waals surface area contributed by atoms with Crippen LogP contribution in [-0.2, 0) is 0 Å². The normalized spacial score (nSPS) is 11.5. The Kier molecular flexibility index (Phi) is 5.43. The molecule has 0 bridgehead atoms. The van der Waals surface area contributed by atoms with E-state index < -0.39 is 0 Å². The van der Waals surface area contributed by atoms with Crippen LogP contribution in [0.15, 0.2) is 71.3 Å². The number of nitrogens with zero attached hydrogens (tertiary/aromatic N) is 1. The van der Waals surface area contributed by atoms with Crippen LogP contribution in [0.2, 0.25) is 0 Å². The number of rotatable bonds is 5. The van der Waals surface area contributed by atoms with Gasteiger partial charge in [0.2, 0.25) is 0 Å². The average molecular weight is 410 g/mol. The highest BCUT2D eigenvalue weighted by molar-refractivity contribution is 9.10. The lowest BCUT2D eigenvalue weighted by Crippen LogP contribution is -2.10. The van der Waals surface area contributed by atoms with E-state index in [-0.39, 0.29) is 5.78 Å². The molecule has 0 heterocycles. The summed E-state index contributed by atoms with van der Waals surface area (Å²) in [6, 6.07) is 19.3. The molecule has 0 aliphatic rings. The van der Waals surface area contributed by atoms with Crippen LogP contribution in [0.4, 0.5) is 0 Å². The van der Waals surface area contributed by atoms with Crippen molar-refractivity contribution in [2.24, 2.45) is 0 Å². The second kappa shape index (κ2) is 7.75. The SMILES string of the molecule is COc1ccc(C(=O)/C(=C/N(C)C)c2cccc(Br)c2)c2ccccc12. The largest absolute Gasteiger partial charge is 0.496 e. The molecule has 4 heteroatoms. The van der Waals surface area contributed by atoms with Crippen LogP contribution in [0, 0.1) is 0 Å². The van der Waals surface area contributed by atoms with Crippen LogP contribution in [0.1, 0.15) is 15.9 Å². The van der Waals surface area contributed by atoms with E-state index in [0.29, 0.717) is 11.1 Å². The molecule has 0 N–H and O–H groups in total. The van der Waals surface area contributed by atoms with E-state index in [4.69, 9.17) is 4.74 Å². The van der Waals surface area contributed by atoms with Gasteiger partial charge < -0.3 is 9.64 Å². The molecule has 0 saturated carbocycles. The lowest BCUT2D eigenvalue weighted by Gasteiger charge is -2.14. The molecule has 0 unspecified atom stereocenters. The molecule has 0 radical (unpaired) electrons. The third kappa shape index (κ3) is 3.65. The van der Waals surface area contributed by atoms with Crippen LogP contribution in [0.25, 0.3) is 16.3 Å². The molecule has 132 valence electrons. The first-order valence-corrected chi connectivity index (χ1v) is 9.05. The lowest BCUT2D eigenvalue weighted by atomic mass is 9.93. The quantitative estimate of drug-likeness (QED) is 0.417. The van der Waals surface area contributed by atoms with Crippen molar-refractivity contribution >= 4 is 38.1 Å². The molecule has 0 aliphatic carbocycles. The molecule has 0 fully saturated rings. The van der Waals surface area contributed by atoms with Gasteiger partial charge in [0.15, 0.2) is 5.78 Å². The van der Waals surface area contributed by atoms with Gasteiger partial charge in [-0.05, 0) is 35.2 Å². The Labute approximate surface area is 162 Å². The van der Waals surface area contributed by atoms with Gasteiger partial charge in [-0.25, -0.2) is 0 Å². The van der Waals surface area contributed by atoms with Gasteiger partial charge in [-0.1, -0.05) is 52.3 Å². The van der Waals surface area contributed by atoms with Crippen LogP contribution < -0.4 is 4.74 Å². The molecule has 0 spiro atoms. The fourth-order valence-corrected chi connectivity index (χ4v) is 3.37. The Morgan fingerprint density at radius 1 is 1.00 bits per heavy atom. The number of methoxy groups -OCH3 is 1. The van der Waals surface area contributed by atoms with Crippen molar-refractivity contribution in [3.63, 3.8) is 0 Å². The number of halogens is 1. The maximum atomic E-state index is 13.5. The standard InChI is InChI=1S/C22H20BrNO2/c1-24(2)14-20(15-7-6-8-16(23)13-15)22(25)19-11-12-21(26-3)18-10-5-4-9-17(18)19/h4-14H,1-3H3/b20-14+. The summed E-state index contributed by atoms with van der Waals surface area (Å²) in [6.07, 6.45) is 1.86.